The molecule has 9 nitrogen and oxygen atoms in total. The van der Waals surface area contributed by atoms with Crippen molar-refractivity contribution in [2.24, 2.45) is 29.4 Å². The summed E-state index contributed by atoms with van der Waals surface area (Å²) in [5, 5.41) is 17.4. The van der Waals surface area contributed by atoms with Crippen LogP contribution in [0.4, 0.5) is 0 Å². The Hall–Kier alpha value is -2.16. The van der Waals surface area contributed by atoms with Crippen molar-refractivity contribution in [3.8, 4) is 0 Å². The number of carbonyl (C=O) groups is 4. The molecule has 0 aliphatic carbocycles. The quantitative estimate of drug-likeness (QED) is 0.268. The monoisotopic (exact) mass is 456 g/mol. The second-order valence-electron chi connectivity index (χ2n) is 9.86. The van der Waals surface area contributed by atoms with E-state index in [9.17, 15) is 24.3 Å². The van der Waals surface area contributed by atoms with Gasteiger partial charge in [0.25, 0.3) is 0 Å². The third-order valence-corrected chi connectivity index (χ3v) is 5.47. The molecule has 0 aromatic carbocycles. The molecule has 0 aliphatic heterocycles. The average Bonchev–Trinajstić information content (AvgIpc) is 2.68. The Kier molecular flexibility index (Phi) is 13.1. The summed E-state index contributed by atoms with van der Waals surface area (Å²) in [6.45, 7) is 14.9. The predicted octanol–water partition coefficient (Wildman–Crippen LogP) is 1.65. The van der Waals surface area contributed by atoms with Gasteiger partial charge in [-0.2, -0.15) is 0 Å². The van der Waals surface area contributed by atoms with E-state index >= 15 is 0 Å². The van der Waals surface area contributed by atoms with Crippen molar-refractivity contribution < 1.29 is 24.3 Å². The number of nitrogens with one attached hydrogen (secondary N) is 3. The van der Waals surface area contributed by atoms with Crippen LogP contribution in [0.3, 0.4) is 0 Å². The summed E-state index contributed by atoms with van der Waals surface area (Å²) in [5.41, 5.74) is 6.01. The van der Waals surface area contributed by atoms with E-state index in [0.717, 1.165) is 6.42 Å². The van der Waals surface area contributed by atoms with Crippen LogP contribution in [0.5, 0.6) is 0 Å². The van der Waals surface area contributed by atoms with E-state index in [-0.39, 0.29) is 30.1 Å². The molecule has 0 saturated heterocycles. The average molecular weight is 457 g/mol. The molecule has 0 aromatic rings. The molecular formula is C23H44N4O5. The maximum Gasteiger partial charge on any atom is 0.326 e. The maximum absolute atomic E-state index is 13.0. The van der Waals surface area contributed by atoms with Gasteiger partial charge in [-0.25, -0.2) is 4.79 Å². The Labute approximate surface area is 192 Å². The third-order valence-electron chi connectivity index (χ3n) is 5.47. The molecule has 3 amide bonds. The minimum Gasteiger partial charge on any atom is -0.480 e. The first kappa shape index (κ1) is 29.8. The van der Waals surface area contributed by atoms with Crippen molar-refractivity contribution in [1.82, 2.24) is 16.0 Å². The smallest absolute Gasteiger partial charge is 0.326 e. The normalized spacial score (nSPS) is 16.2. The lowest BCUT2D eigenvalue weighted by atomic mass is 9.97. The molecule has 0 heterocycles. The highest BCUT2D eigenvalue weighted by Gasteiger charge is 2.32. The van der Waals surface area contributed by atoms with Gasteiger partial charge in [-0.3, -0.25) is 14.4 Å². The van der Waals surface area contributed by atoms with Gasteiger partial charge in [0.2, 0.25) is 17.7 Å². The Morgan fingerprint density at radius 3 is 1.62 bits per heavy atom. The summed E-state index contributed by atoms with van der Waals surface area (Å²) in [7, 11) is 0. The van der Waals surface area contributed by atoms with Crippen molar-refractivity contribution in [2.45, 2.75) is 98.8 Å². The van der Waals surface area contributed by atoms with E-state index in [1.807, 2.05) is 41.5 Å². The van der Waals surface area contributed by atoms with E-state index in [0.29, 0.717) is 6.42 Å². The van der Waals surface area contributed by atoms with Crippen LogP contribution >= 0.6 is 0 Å². The van der Waals surface area contributed by atoms with Crippen molar-refractivity contribution in [1.29, 1.82) is 0 Å². The molecule has 0 aliphatic rings. The number of hydrogen-bond donors (Lipinski definition) is 5. The zero-order valence-corrected chi connectivity index (χ0v) is 20.9. The minimum absolute atomic E-state index is 0.0409. The van der Waals surface area contributed by atoms with Crippen molar-refractivity contribution in [3.63, 3.8) is 0 Å². The summed E-state index contributed by atoms with van der Waals surface area (Å²) in [5.74, 6) is -2.73. The first-order valence-corrected chi connectivity index (χ1v) is 11.6. The molecular weight excluding hydrogens is 412 g/mol. The van der Waals surface area contributed by atoms with Gasteiger partial charge in [0.05, 0.1) is 6.04 Å². The lowest BCUT2D eigenvalue weighted by molar-refractivity contribution is -0.143. The highest BCUT2D eigenvalue weighted by Crippen LogP contribution is 2.11. The molecule has 6 N–H and O–H groups in total. The van der Waals surface area contributed by atoms with E-state index in [1.165, 1.54) is 0 Å². The van der Waals surface area contributed by atoms with Gasteiger partial charge in [-0.15, -0.1) is 0 Å². The molecule has 0 fully saturated rings. The van der Waals surface area contributed by atoms with Crippen molar-refractivity contribution in [2.75, 3.05) is 0 Å². The molecule has 5 unspecified atom stereocenters. The van der Waals surface area contributed by atoms with Crippen LogP contribution in [0, 0.1) is 23.7 Å². The Balaban J connectivity index is 5.46. The number of nitrogens with two attached hydrogens (primary N) is 1. The van der Waals surface area contributed by atoms with Gasteiger partial charge in [0, 0.05) is 0 Å². The van der Waals surface area contributed by atoms with Crippen LogP contribution in [0.2, 0.25) is 0 Å². The van der Waals surface area contributed by atoms with Crippen LogP contribution < -0.4 is 21.7 Å². The van der Waals surface area contributed by atoms with Crippen LogP contribution in [0.1, 0.15) is 74.7 Å². The summed E-state index contributed by atoms with van der Waals surface area (Å²) in [4.78, 5) is 49.9. The summed E-state index contributed by atoms with van der Waals surface area (Å²) in [6, 6.07) is -3.57. The van der Waals surface area contributed by atoms with E-state index in [4.69, 9.17) is 5.73 Å². The molecule has 0 spiro atoms. The van der Waals surface area contributed by atoms with Gasteiger partial charge in [0.15, 0.2) is 0 Å². The van der Waals surface area contributed by atoms with Gasteiger partial charge in [0.1, 0.15) is 18.1 Å². The van der Waals surface area contributed by atoms with Crippen molar-refractivity contribution >= 4 is 23.7 Å². The Morgan fingerprint density at radius 2 is 1.22 bits per heavy atom. The molecule has 32 heavy (non-hydrogen) atoms. The van der Waals surface area contributed by atoms with Crippen LogP contribution in [-0.2, 0) is 19.2 Å². The molecule has 5 atom stereocenters. The first-order chi connectivity index (χ1) is 14.7. The number of aliphatic carboxylic acids is 1. The van der Waals surface area contributed by atoms with Gasteiger partial charge in [-0.1, -0.05) is 61.8 Å². The number of carboxylic acids is 1. The highest BCUT2D eigenvalue weighted by molar-refractivity contribution is 5.94. The molecule has 0 aromatic heterocycles. The SMILES string of the molecule is CCC(C)C(N)C(=O)NC(CC(C)C)C(=O)NC(C(=O)NC(CC(C)C)C(=O)O)C(C)C. The first-order valence-electron chi connectivity index (χ1n) is 11.6. The molecule has 0 saturated carbocycles. The van der Waals surface area contributed by atoms with E-state index in [1.54, 1.807) is 13.8 Å². The molecule has 186 valence electrons. The molecule has 0 rings (SSSR count). The fourth-order valence-electron chi connectivity index (χ4n) is 3.23. The molecule has 0 bridgehead atoms. The summed E-state index contributed by atoms with van der Waals surface area (Å²) in [6.07, 6.45) is 1.38. The minimum atomic E-state index is -1.12. The zero-order chi connectivity index (χ0) is 25.2. The largest absolute Gasteiger partial charge is 0.480 e. The Morgan fingerprint density at radius 1 is 0.750 bits per heavy atom. The fraction of sp³-hybridized carbons (Fsp3) is 0.826. The zero-order valence-electron chi connectivity index (χ0n) is 20.9. The number of amides is 3. The van der Waals surface area contributed by atoms with Crippen LogP contribution in [-0.4, -0.2) is 53.0 Å². The number of carbonyl (C=O) groups excluding carboxylic acids is 3. The van der Waals surface area contributed by atoms with Gasteiger partial charge < -0.3 is 26.8 Å². The fourth-order valence-corrected chi connectivity index (χ4v) is 3.23. The van der Waals surface area contributed by atoms with Gasteiger partial charge in [-0.05, 0) is 36.5 Å². The standard InChI is InChI=1S/C23H44N4O5/c1-9-15(8)18(24)21(29)25-16(10-12(2)3)20(28)27-19(14(6)7)22(30)26-17(23(31)32)11-13(4)5/h12-19H,9-11,24H2,1-8H3,(H,25,29)(H,26,30)(H,27,28)(H,31,32). The molecule has 9 heteroatoms. The third kappa shape index (κ3) is 10.4. The number of rotatable bonds is 14. The van der Waals surface area contributed by atoms with Crippen LogP contribution in [0.25, 0.3) is 0 Å². The lowest BCUT2D eigenvalue weighted by Crippen LogP contribution is -2.59. The van der Waals surface area contributed by atoms with Crippen LogP contribution in [0.15, 0.2) is 0 Å². The van der Waals surface area contributed by atoms with E-state index in [2.05, 4.69) is 16.0 Å². The van der Waals surface area contributed by atoms with Crippen molar-refractivity contribution in [3.05, 3.63) is 0 Å². The Bertz CT molecular complexity index is 636. The van der Waals surface area contributed by atoms with E-state index < -0.39 is 47.9 Å². The summed E-state index contributed by atoms with van der Waals surface area (Å²) < 4.78 is 0. The summed E-state index contributed by atoms with van der Waals surface area (Å²) >= 11 is 0. The second-order valence-corrected chi connectivity index (χ2v) is 9.86. The molecule has 0 radical (unpaired) electrons. The maximum atomic E-state index is 13.0. The predicted molar refractivity (Wildman–Crippen MR) is 125 cm³/mol. The number of carboxylic acid groups (broad SMARTS) is 1. The highest BCUT2D eigenvalue weighted by atomic mass is 16.4. The number of hydrogen-bond acceptors (Lipinski definition) is 5. The van der Waals surface area contributed by atoms with Gasteiger partial charge >= 0.3 is 5.97 Å². The lowest BCUT2D eigenvalue weighted by Gasteiger charge is -2.28. The second kappa shape index (κ2) is 14.1. The topological polar surface area (TPSA) is 151 Å².